The second kappa shape index (κ2) is 3.05. The van der Waals surface area contributed by atoms with E-state index in [0.717, 1.165) is 0 Å². The van der Waals surface area contributed by atoms with E-state index in [1.54, 1.807) is 0 Å². The zero-order valence-electron chi connectivity index (χ0n) is 7.09. The van der Waals surface area contributed by atoms with Crippen LogP contribution in [0.3, 0.4) is 0 Å². The van der Waals surface area contributed by atoms with Gasteiger partial charge in [-0.05, 0) is 25.2 Å². The molecule has 0 saturated carbocycles. The summed E-state index contributed by atoms with van der Waals surface area (Å²) in [6.07, 6.45) is 8.24. The molecular formula is C10H16. The minimum absolute atomic E-state index is 0.669. The van der Waals surface area contributed by atoms with Crippen molar-refractivity contribution >= 4 is 0 Å². The Hall–Kier alpha value is -0.520. The Balaban J connectivity index is 2.64. The van der Waals surface area contributed by atoms with E-state index >= 15 is 0 Å². The van der Waals surface area contributed by atoms with Crippen molar-refractivity contribution in [3.63, 3.8) is 0 Å². The maximum absolute atomic E-state index is 2.38. The molecule has 0 amide bonds. The Morgan fingerprint density at radius 1 is 1.40 bits per heavy atom. The van der Waals surface area contributed by atoms with Gasteiger partial charge in [-0.15, -0.1) is 0 Å². The van der Waals surface area contributed by atoms with E-state index in [1.165, 1.54) is 12.0 Å². The molecule has 0 heteroatoms. The summed E-state index contributed by atoms with van der Waals surface area (Å²) in [4.78, 5) is 0. The highest BCUT2D eigenvalue weighted by molar-refractivity contribution is 5.19. The molecular weight excluding hydrogens is 120 g/mol. The maximum Gasteiger partial charge on any atom is -0.00531 e. The van der Waals surface area contributed by atoms with Gasteiger partial charge in [-0.1, -0.05) is 37.6 Å². The lowest BCUT2D eigenvalue weighted by molar-refractivity contribution is 0.707. The molecule has 0 aromatic carbocycles. The molecule has 0 aromatic heterocycles. The fourth-order valence-electron chi connectivity index (χ4n) is 1.26. The SMILES string of the molecule is CCC1C=CC(C)C(C)=C1. The predicted molar refractivity (Wildman–Crippen MR) is 45.8 cm³/mol. The number of allylic oxidation sites excluding steroid dienone is 4. The Labute approximate surface area is 63.6 Å². The zero-order valence-corrected chi connectivity index (χ0v) is 7.09. The third kappa shape index (κ3) is 1.50. The van der Waals surface area contributed by atoms with Crippen molar-refractivity contribution < 1.29 is 0 Å². The van der Waals surface area contributed by atoms with Gasteiger partial charge in [0.2, 0.25) is 0 Å². The van der Waals surface area contributed by atoms with Gasteiger partial charge in [0.1, 0.15) is 0 Å². The van der Waals surface area contributed by atoms with Crippen molar-refractivity contribution in [2.75, 3.05) is 0 Å². The average Bonchev–Trinajstić information content (AvgIpc) is 1.95. The predicted octanol–water partition coefficient (Wildman–Crippen LogP) is 3.16. The molecule has 1 aliphatic carbocycles. The van der Waals surface area contributed by atoms with Gasteiger partial charge in [0.25, 0.3) is 0 Å². The summed E-state index contributed by atoms with van der Waals surface area (Å²) in [6, 6.07) is 0. The molecule has 0 nitrogen and oxygen atoms in total. The van der Waals surface area contributed by atoms with Gasteiger partial charge >= 0.3 is 0 Å². The summed E-state index contributed by atoms with van der Waals surface area (Å²) in [5.74, 6) is 1.37. The first-order valence-electron chi connectivity index (χ1n) is 4.10. The molecule has 1 aliphatic rings. The van der Waals surface area contributed by atoms with Crippen LogP contribution in [0.5, 0.6) is 0 Å². The van der Waals surface area contributed by atoms with Crippen LogP contribution in [0, 0.1) is 11.8 Å². The van der Waals surface area contributed by atoms with E-state index < -0.39 is 0 Å². The molecule has 0 saturated heterocycles. The molecule has 0 aromatic rings. The van der Waals surface area contributed by atoms with E-state index in [4.69, 9.17) is 0 Å². The first-order chi connectivity index (χ1) is 4.74. The molecule has 0 aliphatic heterocycles. The maximum atomic E-state index is 2.38. The Kier molecular flexibility index (Phi) is 2.31. The van der Waals surface area contributed by atoms with Crippen LogP contribution in [0.1, 0.15) is 27.2 Å². The van der Waals surface area contributed by atoms with Gasteiger partial charge in [-0.3, -0.25) is 0 Å². The Bertz CT molecular complexity index is 163. The smallest absolute Gasteiger partial charge is 0.00531 e. The molecule has 1 rings (SSSR count). The summed E-state index contributed by atoms with van der Waals surface area (Å²) in [5, 5.41) is 0. The van der Waals surface area contributed by atoms with E-state index in [2.05, 4.69) is 39.0 Å². The molecule has 56 valence electrons. The summed E-state index contributed by atoms with van der Waals surface area (Å²) in [6.45, 7) is 6.69. The van der Waals surface area contributed by atoms with Crippen molar-refractivity contribution in [2.24, 2.45) is 11.8 Å². The van der Waals surface area contributed by atoms with Crippen LogP contribution in [0.15, 0.2) is 23.8 Å². The highest BCUT2D eigenvalue weighted by Crippen LogP contribution is 2.22. The van der Waals surface area contributed by atoms with Crippen LogP contribution in [0.2, 0.25) is 0 Å². The van der Waals surface area contributed by atoms with Gasteiger partial charge in [0.05, 0.1) is 0 Å². The second-order valence-corrected chi connectivity index (χ2v) is 3.16. The largest absolute Gasteiger partial charge is 0.0810 e. The number of hydrogen-bond acceptors (Lipinski definition) is 0. The molecule has 0 heterocycles. The van der Waals surface area contributed by atoms with E-state index in [-0.39, 0.29) is 0 Å². The fourth-order valence-corrected chi connectivity index (χ4v) is 1.26. The molecule has 0 spiro atoms. The third-order valence-electron chi connectivity index (χ3n) is 2.31. The quantitative estimate of drug-likeness (QED) is 0.486. The number of hydrogen-bond donors (Lipinski definition) is 0. The molecule has 2 atom stereocenters. The minimum atomic E-state index is 0.669. The van der Waals surface area contributed by atoms with Gasteiger partial charge in [-0.25, -0.2) is 0 Å². The van der Waals surface area contributed by atoms with E-state index in [0.29, 0.717) is 11.8 Å². The normalized spacial score (nSPS) is 32.1. The van der Waals surface area contributed by atoms with Gasteiger partial charge in [0.15, 0.2) is 0 Å². The summed E-state index contributed by atoms with van der Waals surface area (Å²) in [5.41, 5.74) is 1.52. The average molecular weight is 136 g/mol. The van der Waals surface area contributed by atoms with Crippen LogP contribution in [0.25, 0.3) is 0 Å². The molecule has 0 bridgehead atoms. The number of rotatable bonds is 1. The second-order valence-electron chi connectivity index (χ2n) is 3.16. The minimum Gasteiger partial charge on any atom is -0.0810 e. The molecule has 2 unspecified atom stereocenters. The van der Waals surface area contributed by atoms with E-state index in [1.807, 2.05) is 0 Å². The molecule has 0 fully saturated rings. The third-order valence-corrected chi connectivity index (χ3v) is 2.31. The Morgan fingerprint density at radius 3 is 2.60 bits per heavy atom. The van der Waals surface area contributed by atoms with Crippen molar-refractivity contribution in [1.29, 1.82) is 0 Å². The van der Waals surface area contributed by atoms with Gasteiger partial charge in [-0.2, -0.15) is 0 Å². The lowest BCUT2D eigenvalue weighted by Crippen LogP contribution is -2.02. The van der Waals surface area contributed by atoms with Crippen LogP contribution >= 0.6 is 0 Å². The summed E-state index contributed by atoms with van der Waals surface area (Å²) < 4.78 is 0. The van der Waals surface area contributed by atoms with Crippen molar-refractivity contribution in [1.82, 2.24) is 0 Å². The highest BCUT2D eigenvalue weighted by atomic mass is 14.1. The molecule has 0 N–H and O–H groups in total. The van der Waals surface area contributed by atoms with Crippen molar-refractivity contribution in [3.8, 4) is 0 Å². The summed E-state index contributed by atoms with van der Waals surface area (Å²) >= 11 is 0. The van der Waals surface area contributed by atoms with Crippen LogP contribution in [-0.4, -0.2) is 0 Å². The van der Waals surface area contributed by atoms with Crippen molar-refractivity contribution in [2.45, 2.75) is 27.2 Å². The highest BCUT2D eigenvalue weighted by Gasteiger charge is 2.08. The Morgan fingerprint density at radius 2 is 2.10 bits per heavy atom. The monoisotopic (exact) mass is 136 g/mol. The fraction of sp³-hybridized carbons (Fsp3) is 0.600. The van der Waals surface area contributed by atoms with Crippen LogP contribution in [0.4, 0.5) is 0 Å². The van der Waals surface area contributed by atoms with Crippen LogP contribution < -0.4 is 0 Å². The molecule has 10 heavy (non-hydrogen) atoms. The summed E-state index contributed by atoms with van der Waals surface area (Å²) in [7, 11) is 0. The van der Waals surface area contributed by atoms with E-state index in [9.17, 15) is 0 Å². The standard InChI is InChI=1S/C10H16/c1-4-10-6-5-8(2)9(3)7-10/h5-8,10H,4H2,1-3H3. The van der Waals surface area contributed by atoms with Gasteiger partial charge in [0, 0.05) is 0 Å². The lowest BCUT2D eigenvalue weighted by Gasteiger charge is -2.16. The van der Waals surface area contributed by atoms with Crippen molar-refractivity contribution in [3.05, 3.63) is 23.8 Å². The zero-order chi connectivity index (χ0) is 7.56. The lowest BCUT2D eigenvalue weighted by atomic mass is 9.90. The topological polar surface area (TPSA) is 0 Å². The first-order valence-corrected chi connectivity index (χ1v) is 4.10. The van der Waals surface area contributed by atoms with Gasteiger partial charge < -0.3 is 0 Å². The first kappa shape index (κ1) is 7.59. The van der Waals surface area contributed by atoms with Crippen LogP contribution in [-0.2, 0) is 0 Å². The molecule has 0 radical (unpaired) electrons.